The molecule has 0 radical (unpaired) electrons. The van der Waals surface area contributed by atoms with Crippen molar-refractivity contribution < 1.29 is 14.5 Å². The molecule has 4 rings (SSSR count). The van der Waals surface area contributed by atoms with Crippen LogP contribution in [0.3, 0.4) is 0 Å². The van der Waals surface area contributed by atoms with Crippen molar-refractivity contribution in [1.29, 1.82) is 0 Å². The molecule has 0 saturated carbocycles. The smallest absolute Gasteiger partial charge is 0.423 e. The molecule has 1 aliphatic heterocycles. The Morgan fingerprint density at radius 1 is 1.21 bits per heavy atom. The molecule has 28 heavy (non-hydrogen) atoms. The minimum Gasteiger partial charge on any atom is -0.423 e. The zero-order valence-corrected chi connectivity index (χ0v) is 15.7. The summed E-state index contributed by atoms with van der Waals surface area (Å²) in [6.45, 7) is 0.788. The number of aromatic nitrogens is 1. The summed E-state index contributed by atoms with van der Waals surface area (Å²) in [6.07, 6.45) is 5.58. The van der Waals surface area contributed by atoms with Crippen molar-refractivity contribution in [2.24, 2.45) is 5.73 Å². The molecule has 2 heterocycles. The Balaban J connectivity index is 1.57. The molecule has 2 aromatic carbocycles. The molecule has 142 valence electrons. The molecule has 5 nitrogen and oxygen atoms in total. The Morgan fingerprint density at radius 2 is 2.11 bits per heavy atom. The van der Waals surface area contributed by atoms with Gasteiger partial charge in [0.2, 0.25) is 0 Å². The highest BCUT2D eigenvalue weighted by Crippen LogP contribution is 2.22. The van der Waals surface area contributed by atoms with Crippen LogP contribution in [0.1, 0.15) is 29.0 Å². The quantitative estimate of drug-likeness (QED) is 0.665. The van der Waals surface area contributed by atoms with E-state index in [9.17, 15) is 9.82 Å². The molecule has 0 saturated heterocycles. The second-order valence-corrected chi connectivity index (χ2v) is 7.27. The average molecular weight is 374 g/mol. The normalized spacial score (nSPS) is 15.1. The van der Waals surface area contributed by atoms with Crippen molar-refractivity contribution in [3.63, 3.8) is 0 Å². The van der Waals surface area contributed by atoms with E-state index in [0.29, 0.717) is 13.0 Å². The number of carbonyl (C=O) groups is 1. The minimum atomic E-state index is -0.898. The summed E-state index contributed by atoms with van der Waals surface area (Å²) < 4.78 is 5.38. The van der Waals surface area contributed by atoms with E-state index in [2.05, 4.69) is 4.98 Å². The van der Waals surface area contributed by atoms with Gasteiger partial charge in [-0.05, 0) is 46.4 Å². The maximum atomic E-state index is 13.0. The fourth-order valence-corrected chi connectivity index (χ4v) is 3.87. The van der Waals surface area contributed by atoms with E-state index in [0.717, 1.165) is 45.8 Å². The Morgan fingerprint density at radius 3 is 2.96 bits per heavy atom. The monoisotopic (exact) mass is 374 g/mol. The van der Waals surface area contributed by atoms with Crippen LogP contribution in [0.15, 0.2) is 54.9 Å². The zero-order chi connectivity index (χ0) is 19.5. The molecule has 3 aromatic rings. The Kier molecular flexibility index (Phi) is 5.53. The van der Waals surface area contributed by atoms with Crippen LogP contribution < -0.4 is 11.2 Å². The summed E-state index contributed by atoms with van der Waals surface area (Å²) in [4.78, 5) is 17.1. The maximum Gasteiger partial charge on any atom is 0.491 e. The largest absolute Gasteiger partial charge is 0.491 e. The molecular weight excluding hydrogens is 351 g/mol. The molecule has 1 atom stereocenters. The number of nitrogens with zero attached hydrogens (tertiary/aromatic N) is 1. The van der Waals surface area contributed by atoms with Crippen molar-refractivity contribution in [1.82, 2.24) is 4.98 Å². The van der Waals surface area contributed by atoms with Crippen LogP contribution in [0.5, 0.6) is 0 Å². The molecule has 1 aliphatic rings. The van der Waals surface area contributed by atoms with Crippen LogP contribution in [0, 0.1) is 0 Å². The number of rotatable bonds is 5. The fourth-order valence-electron chi connectivity index (χ4n) is 3.87. The maximum absolute atomic E-state index is 13.0. The number of aryl methyl sites for hydroxylation is 1. The van der Waals surface area contributed by atoms with Crippen LogP contribution in [-0.4, -0.2) is 36.1 Å². The summed E-state index contributed by atoms with van der Waals surface area (Å²) in [5, 5.41) is 12.2. The van der Waals surface area contributed by atoms with Crippen LogP contribution in [0.25, 0.3) is 10.8 Å². The van der Waals surface area contributed by atoms with Gasteiger partial charge in [-0.1, -0.05) is 36.4 Å². The van der Waals surface area contributed by atoms with Gasteiger partial charge in [0.1, 0.15) is 5.78 Å². The first kappa shape index (κ1) is 18.8. The van der Waals surface area contributed by atoms with Crippen LogP contribution in [-0.2, 0) is 22.3 Å². The van der Waals surface area contributed by atoms with Crippen molar-refractivity contribution >= 4 is 29.1 Å². The van der Waals surface area contributed by atoms with E-state index in [4.69, 9.17) is 10.4 Å². The van der Waals surface area contributed by atoms with Crippen LogP contribution in [0.4, 0.5) is 0 Å². The van der Waals surface area contributed by atoms with Crippen molar-refractivity contribution in [3.8, 4) is 0 Å². The number of hydrogen-bond donors (Lipinski definition) is 2. The van der Waals surface area contributed by atoms with E-state index in [1.54, 1.807) is 6.20 Å². The summed E-state index contributed by atoms with van der Waals surface area (Å²) in [5.41, 5.74) is 9.68. The van der Waals surface area contributed by atoms with E-state index >= 15 is 0 Å². The van der Waals surface area contributed by atoms with Crippen LogP contribution in [0.2, 0.25) is 0 Å². The van der Waals surface area contributed by atoms with Gasteiger partial charge in [0.15, 0.2) is 0 Å². The Labute approximate surface area is 164 Å². The predicted molar refractivity (Wildman–Crippen MR) is 111 cm³/mol. The highest BCUT2D eigenvalue weighted by Gasteiger charge is 2.26. The second-order valence-electron chi connectivity index (χ2n) is 7.27. The highest BCUT2D eigenvalue weighted by molar-refractivity contribution is 6.60. The summed E-state index contributed by atoms with van der Waals surface area (Å²) in [6, 6.07) is 13.7. The first-order chi connectivity index (χ1) is 13.7. The number of benzene rings is 2. The van der Waals surface area contributed by atoms with Gasteiger partial charge in [-0.2, -0.15) is 0 Å². The van der Waals surface area contributed by atoms with E-state index in [1.165, 1.54) is 0 Å². The molecule has 0 amide bonds. The van der Waals surface area contributed by atoms with Crippen molar-refractivity contribution in [3.05, 3.63) is 71.5 Å². The molecule has 1 aromatic heterocycles. The third kappa shape index (κ3) is 3.85. The van der Waals surface area contributed by atoms with Gasteiger partial charge in [-0.25, -0.2) is 0 Å². The number of fused-ring (bicyclic) bond motifs is 2. The lowest BCUT2D eigenvalue weighted by molar-refractivity contribution is -0.119. The number of hydrogen-bond acceptors (Lipinski definition) is 5. The zero-order valence-electron chi connectivity index (χ0n) is 15.7. The standard InChI is InChI=1S/C22H23BN2O3/c24-13-20(17-5-6-21-18(12-17)2-1-9-28-23(21)27)22(26)11-15-3-4-19-14-25-8-7-16(19)10-15/h3-8,10,12,14,20,27H,1-2,9,11,13,24H2/t20-/m1/s1. The number of nitrogens with two attached hydrogens (primary N) is 1. The van der Waals surface area contributed by atoms with E-state index in [-0.39, 0.29) is 18.2 Å². The minimum absolute atomic E-state index is 0.0984. The molecule has 0 bridgehead atoms. The van der Waals surface area contributed by atoms with E-state index in [1.807, 2.05) is 48.7 Å². The summed E-state index contributed by atoms with van der Waals surface area (Å²) in [5.74, 6) is -0.263. The number of pyridine rings is 1. The van der Waals surface area contributed by atoms with Gasteiger partial charge in [0.05, 0.1) is 5.92 Å². The highest BCUT2D eigenvalue weighted by atomic mass is 16.5. The van der Waals surface area contributed by atoms with Gasteiger partial charge in [0, 0.05) is 37.4 Å². The summed E-state index contributed by atoms with van der Waals surface area (Å²) >= 11 is 0. The second kappa shape index (κ2) is 8.23. The lowest BCUT2D eigenvalue weighted by Crippen LogP contribution is -2.35. The molecule has 0 unspecified atom stereocenters. The first-order valence-electron chi connectivity index (χ1n) is 9.63. The number of carbonyl (C=O) groups excluding carboxylic acids is 1. The first-order valence-corrected chi connectivity index (χ1v) is 9.63. The Hall–Kier alpha value is -2.54. The molecular formula is C22H23BN2O3. The molecule has 6 heteroatoms. The SMILES string of the molecule is NC[C@@H](C(=O)Cc1ccc2cnccc2c1)c1ccc2c(c1)CCCOB2O. The van der Waals surface area contributed by atoms with Crippen LogP contribution >= 0.6 is 0 Å². The lowest BCUT2D eigenvalue weighted by Gasteiger charge is -2.17. The van der Waals surface area contributed by atoms with Gasteiger partial charge in [-0.3, -0.25) is 9.78 Å². The average Bonchev–Trinajstić information content (AvgIpc) is 2.89. The molecule has 0 fully saturated rings. The van der Waals surface area contributed by atoms with Crippen molar-refractivity contribution in [2.45, 2.75) is 25.2 Å². The molecule has 0 aliphatic carbocycles. The predicted octanol–water partition coefficient (Wildman–Crippen LogP) is 1.74. The number of ketones is 1. The molecule has 3 N–H and O–H groups in total. The van der Waals surface area contributed by atoms with Gasteiger partial charge in [0.25, 0.3) is 0 Å². The van der Waals surface area contributed by atoms with Crippen molar-refractivity contribution in [2.75, 3.05) is 13.2 Å². The van der Waals surface area contributed by atoms with E-state index < -0.39 is 7.12 Å². The lowest BCUT2D eigenvalue weighted by atomic mass is 9.75. The molecule has 0 spiro atoms. The third-order valence-corrected chi connectivity index (χ3v) is 5.41. The Bertz CT molecular complexity index is 1010. The van der Waals surface area contributed by atoms with Gasteiger partial charge >= 0.3 is 7.12 Å². The van der Waals surface area contributed by atoms with Gasteiger partial charge in [-0.15, -0.1) is 0 Å². The number of Topliss-reactive ketones (excluding diaryl/α,β-unsaturated/α-hetero) is 1. The third-order valence-electron chi connectivity index (χ3n) is 5.41. The topological polar surface area (TPSA) is 85.4 Å². The fraction of sp³-hybridized carbons (Fsp3) is 0.273. The van der Waals surface area contributed by atoms with Gasteiger partial charge < -0.3 is 15.4 Å². The summed E-state index contributed by atoms with van der Waals surface area (Å²) in [7, 11) is -0.898.